The minimum absolute atomic E-state index is 0.189. The van der Waals surface area contributed by atoms with Gasteiger partial charge in [-0.3, -0.25) is 0 Å². The highest BCUT2D eigenvalue weighted by molar-refractivity contribution is 7.89. The number of piperidine rings is 1. The summed E-state index contributed by atoms with van der Waals surface area (Å²) in [6, 6.07) is 0.189. The fourth-order valence-electron chi connectivity index (χ4n) is 3.09. The van der Waals surface area contributed by atoms with Crippen LogP contribution in [0.4, 0.5) is 0 Å². The SMILES string of the molecule is NC1CCN(S(=O)(=O)CC2CCCCCC2)CC1. The molecule has 1 heterocycles. The first-order valence-corrected chi connectivity index (χ1v) is 8.92. The van der Waals surface area contributed by atoms with E-state index in [2.05, 4.69) is 0 Å². The molecule has 0 aromatic carbocycles. The summed E-state index contributed by atoms with van der Waals surface area (Å²) in [4.78, 5) is 0. The Hall–Kier alpha value is -0.130. The number of rotatable bonds is 3. The summed E-state index contributed by atoms with van der Waals surface area (Å²) >= 11 is 0. The van der Waals surface area contributed by atoms with E-state index in [1.807, 2.05) is 0 Å². The zero-order valence-corrected chi connectivity index (χ0v) is 12.0. The predicted molar refractivity (Wildman–Crippen MR) is 73.8 cm³/mol. The van der Waals surface area contributed by atoms with Crippen molar-refractivity contribution in [3.63, 3.8) is 0 Å². The molecule has 0 amide bonds. The number of hydrogen-bond donors (Lipinski definition) is 1. The molecule has 0 spiro atoms. The first-order valence-electron chi connectivity index (χ1n) is 7.31. The molecule has 5 heteroatoms. The van der Waals surface area contributed by atoms with Gasteiger partial charge in [0.05, 0.1) is 5.75 Å². The van der Waals surface area contributed by atoms with Crippen LogP contribution in [0.5, 0.6) is 0 Å². The second-order valence-corrected chi connectivity index (χ2v) is 7.89. The first-order chi connectivity index (χ1) is 8.58. The maximum atomic E-state index is 12.4. The molecule has 1 aliphatic carbocycles. The van der Waals surface area contributed by atoms with E-state index >= 15 is 0 Å². The molecule has 0 aromatic rings. The lowest BCUT2D eigenvalue weighted by atomic mass is 10.0. The number of nitrogens with zero attached hydrogens (tertiary/aromatic N) is 1. The van der Waals surface area contributed by atoms with Crippen molar-refractivity contribution in [1.82, 2.24) is 4.31 Å². The fourth-order valence-corrected chi connectivity index (χ4v) is 4.99. The molecule has 2 N–H and O–H groups in total. The van der Waals surface area contributed by atoms with E-state index in [0.717, 1.165) is 25.7 Å². The van der Waals surface area contributed by atoms with Gasteiger partial charge in [0, 0.05) is 19.1 Å². The molecule has 0 atom stereocenters. The lowest BCUT2D eigenvalue weighted by molar-refractivity contribution is 0.316. The molecule has 0 bridgehead atoms. The molecular formula is C13H26N2O2S. The monoisotopic (exact) mass is 274 g/mol. The maximum absolute atomic E-state index is 12.4. The third kappa shape index (κ3) is 3.93. The summed E-state index contributed by atoms with van der Waals surface area (Å²) in [5.41, 5.74) is 5.82. The molecule has 18 heavy (non-hydrogen) atoms. The van der Waals surface area contributed by atoms with Gasteiger partial charge in [-0.25, -0.2) is 12.7 Å². The third-order valence-corrected chi connectivity index (χ3v) is 6.36. The van der Waals surface area contributed by atoms with Crippen LogP contribution >= 0.6 is 0 Å². The van der Waals surface area contributed by atoms with E-state index in [1.54, 1.807) is 4.31 Å². The van der Waals surface area contributed by atoms with E-state index in [4.69, 9.17) is 5.73 Å². The lowest BCUT2D eigenvalue weighted by Gasteiger charge is -2.30. The van der Waals surface area contributed by atoms with Crippen molar-refractivity contribution >= 4 is 10.0 Å². The van der Waals surface area contributed by atoms with Crippen LogP contribution in [0.3, 0.4) is 0 Å². The van der Waals surface area contributed by atoms with E-state index in [0.29, 0.717) is 24.8 Å². The highest BCUT2D eigenvalue weighted by Crippen LogP contribution is 2.25. The maximum Gasteiger partial charge on any atom is 0.214 e. The van der Waals surface area contributed by atoms with Crippen molar-refractivity contribution in [2.24, 2.45) is 11.7 Å². The zero-order valence-electron chi connectivity index (χ0n) is 11.2. The molecule has 1 saturated heterocycles. The quantitative estimate of drug-likeness (QED) is 0.797. The normalized spacial score (nSPS) is 26.1. The molecule has 106 valence electrons. The topological polar surface area (TPSA) is 63.4 Å². The van der Waals surface area contributed by atoms with Crippen molar-refractivity contribution in [2.45, 2.75) is 57.4 Å². The molecule has 2 aliphatic rings. The summed E-state index contributed by atoms with van der Waals surface area (Å²) < 4.78 is 26.4. The van der Waals surface area contributed by atoms with Crippen LogP contribution in [0, 0.1) is 5.92 Å². The van der Waals surface area contributed by atoms with Crippen molar-refractivity contribution in [3.05, 3.63) is 0 Å². The van der Waals surface area contributed by atoms with Gasteiger partial charge in [-0.05, 0) is 31.6 Å². The molecule has 1 aliphatic heterocycles. The predicted octanol–water partition coefficient (Wildman–Crippen LogP) is 1.71. The molecule has 2 fully saturated rings. The summed E-state index contributed by atoms with van der Waals surface area (Å²) in [7, 11) is -3.04. The standard InChI is InChI=1S/C13H26N2O2S/c14-13-7-9-15(10-8-13)18(16,17)11-12-5-3-1-2-4-6-12/h12-13H,1-11,14H2. The lowest BCUT2D eigenvalue weighted by Crippen LogP contribution is -2.44. The minimum atomic E-state index is -3.04. The Balaban J connectivity index is 1.89. The van der Waals surface area contributed by atoms with Crippen LogP contribution in [0.15, 0.2) is 0 Å². The number of hydrogen-bond acceptors (Lipinski definition) is 3. The summed E-state index contributed by atoms with van der Waals surface area (Å²) in [5.74, 6) is 0.746. The smallest absolute Gasteiger partial charge is 0.214 e. The number of sulfonamides is 1. The highest BCUT2D eigenvalue weighted by atomic mass is 32.2. The molecule has 0 aromatic heterocycles. The average Bonchev–Trinajstić information content (AvgIpc) is 2.57. The Morgan fingerprint density at radius 1 is 0.944 bits per heavy atom. The first kappa shape index (κ1) is 14.3. The van der Waals surface area contributed by atoms with Crippen LogP contribution in [0.25, 0.3) is 0 Å². The van der Waals surface area contributed by atoms with Gasteiger partial charge < -0.3 is 5.73 Å². The van der Waals surface area contributed by atoms with Crippen LogP contribution in [-0.2, 0) is 10.0 Å². The molecular weight excluding hydrogens is 248 g/mol. The Morgan fingerprint density at radius 2 is 1.50 bits per heavy atom. The van der Waals surface area contributed by atoms with Gasteiger partial charge in [0.25, 0.3) is 0 Å². The van der Waals surface area contributed by atoms with Crippen molar-refractivity contribution in [3.8, 4) is 0 Å². The largest absolute Gasteiger partial charge is 0.328 e. The van der Waals surface area contributed by atoms with Crippen molar-refractivity contribution in [1.29, 1.82) is 0 Å². The highest BCUT2D eigenvalue weighted by Gasteiger charge is 2.29. The van der Waals surface area contributed by atoms with Gasteiger partial charge in [-0.15, -0.1) is 0 Å². The minimum Gasteiger partial charge on any atom is -0.328 e. The Bertz CT molecular complexity index is 340. The van der Waals surface area contributed by atoms with Crippen molar-refractivity contribution < 1.29 is 8.42 Å². The second kappa shape index (κ2) is 6.35. The van der Waals surface area contributed by atoms with Crippen LogP contribution < -0.4 is 5.73 Å². The molecule has 0 radical (unpaired) electrons. The Kier molecular flexibility index (Phi) is 5.04. The summed E-state index contributed by atoms with van der Waals surface area (Å²) in [6.45, 7) is 1.24. The van der Waals surface area contributed by atoms with E-state index in [-0.39, 0.29) is 6.04 Å². The summed E-state index contributed by atoms with van der Waals surface area (Å²) in [5, 5.41) is 0. The van der Waals surface area contributed by atoms with Crippen LogP contribution in [0.2, 0.25) is 0 Å². The molecule has 4 nitrogen and oxygen atoms in total. The van der Waals surface area contributed by atoms with E-state index < -0.39 is 10.0 Å². The van der Waals surface area contributed by atoms with Gasteiger partial charge in [0.1, 0.15) is 0 Å². The van der Waals surface area contributed by atoms with Crippen LogP contribution in [0.1, 0.15) is 51.4 Å². The van der Waals surface area contributed by atoms with E-state index in [1.165, 1.54) is 25.7 Å². The van der Waals surface area contributed by atoms with Crippen molar-refractivity contribution in [2.75, 3.05) is 18.8 Å². The Morgan fingerprint density at radius 3 is 2.06 bits per heavy atom. The third-order valence-electron chi connectivity index (χ3n) is 4.31. The summed E-state index contributed by atoms with van der Waals surface area (Å²) in [6.07, 6.45) is 8.74. The fraction of sp³-hybridized carbons (Fsp3) is 1.00. The zero-order chi connectivity index (χ0) is 13.0. The number of nitrogens with two attached hydrogens (primary N) is 1. The van der Waals surface area contributed by atoms with Crippen LogP contribution in [-0.4, -0.2) is 37.6 Å². The van der Waals surface area contributed by atoms with Gasteiger partial charge >= 0.3 is 0 Å². The van der Waals surface area contributed by atoms with Gasteiger partial charge in [0.15, 0.2) is 0 Å². The van der Waals surface area contributed by atoms with Gasteiger partial charge in [0.2, 0.25) is 10.0 Å². The molecule has 2 rings (SSSR count). The van der Waals surface area contributed by atoms with Gasteiger partial charge in [-0.1, -0.05) is 25.7 Å². The molecule has 0 unspecified atom stereocenters. The van der Waals surface area contributed by atoms with Gasteiger partial charge in [-0.2, -0.15) is 0 Å². The Labute approximate surface area is 111 Å². The second-order valence-electron chi connectivity index (χ2n) is 5.87. The van der Waals surface area contributed by atoms with E-state index in [9.17, 15) is 8.42 Å². The average molecular weight is 274 g/mol. The molecule has 1 saturated carbocycles.